The maximum absolute atomic E-state index is 14.0. The van der Waals surface area contributed by atoms with Crippen LogP contribution in [0.5, 0.6) is 0 Å². The minimum atomic E-state index is -0.800. The van der Waals surface area contributed by atoms with Crippen molar-refractivity contribution in [2.24, 2.45) is 0 Å². The number of ether oxygens (including phenoxy) is 3. The second kappa shape index (κ2) is 10.8. The number of nitrogens with one attached hydrogen (secondary N) is 2. The second-order valence-corrected chi connectivity index (χ2v) is 8.27. The number of carbonyl (C=O) groups is 3. The molecule has 0 aliphatic carbocycles. The van der Waals surface area contributed by atoms with Crippen LogP contribution in [-0.4, -0.2) is 57.0 Å². The highest BCUT2D eigenvalue weighted by Gasteiger charge is 2.25. The Bertz CT molecular complexity index is 873. The molecule has 1 amide bonds. The van der Waals surface area contributed by atoms with Crippen LogP contribution < -0.4 is 15.5 Å². The van der Waals surface area contributed by atoms with Gasteiger partial charge in [-0.1, -0.05) is 0 Å². The van der Waals surface area contributed by atoms with E-state index >= 15 is 0 Å². The van der Waals surface area contributed by atoms with Crippen LogP contribution in [0.2, 0.25) is 0 Å². The SMILES string of the molecule is COC(=O)/C=C(/Nc1cc(F)ccc1N1CCC(NC(=O)OC(C)(C)C)CC1)C(=O)OC. The Hall–Kier alpha value is -3.30. The molecule has 0 unspecified atom stereocenters. The normalized spacial score (nSPS) is 15.1. The van der Waals surface area contributed by atoms with E-state index in [2.05, 4.69) is 15.4 Å². The van der Waals surface area contributed by atoms with E-state index < -0.39 is 29.5 Å². The molecule has 0 radical (unpaired) electrons. The van der Waals surface area contributed by atoms with Crippen LogP contribution in [0.25, 0.3) is 0 Å². The van der Waals surface area contributed by atoms with Crippen molar-refractivity contribution in [3.05, 3.63) is 35.8 Å². The third-order valence-electron chi connectivity index (χ3n) is 4.65. The Morgan fingerprint density at radius 3 is 2.34 bits per heavy atom. The van der Waals surface area contributed by atoms with E-state index in [1.54, 1.807) is 26.8 Å². The van der Waals surface area contributed by atoms with Gasteiger partial charge in [0.25, 0.3) is 0 Å². The van der Waals surface area contributed by atoms with Gasteiger partial charge in [0.1, 0.15) is 17.1 Å². The molecule has 0 saturated carbocycles. The lowest BCUT2D eigenvalue weighted by Crippen LogP contribution is -2.46. The minimum absolute atomic E-state index is 0.0530. The Balaban J connectivity index is 2.13. The van der Waals surface area contributed by atoms with Crippen molar-refractivity contribution in [1.82, 2.24) is 5.32 Å². The number of halogens is 1. The van der Waals surface area contributed by atoms with E-state index in [-0.39, 0.29) is 11.7 Å². The molecule has 1 aromatic rings. The van der Waals surface area contributed by atoms with Crippen molar-refractivity contribution in [2.75, 3.05) is 37.5 Å². The molecule has 2 rings (SSSR count). The van der Waals surface area contributed by atoms with Gasteiger partial charge in [-0.3, -0.25) is 0 Å². The first-order chi connectivity index (χ1) is 15.0. The molecule has 1 aliphatic heterocycles. The van der Waals surface area contributed by atoms with Gasteiger partial charge in [0.2, 0.25) is 0 Å². The second-order valence-electron chi connectivity index (χ2n) is 8.27. The number of benzene rings is 1. The van der Waals surface area contributed by atoms with Gasteiger partial charge < -0.3 is 29.7 Å². The predicted molar refractivity (Wildman–Crippen MR) is 117 cm³/mol. The molecule has 2 N–H and O–H groups in total. The Morgan fingerprint density at radius 1 is 1.12 bits per heavy atom. The number of nitrogens with zero attached hydrogens (tertiary/aromatic N) is 1. The number of carbonyl (C=O) groups excluding carboxylic acids is 3. The zero-order chi connectivity index (χ0) is 23.9. The zero-order valence-corrected chi connectivity index (χ0v) is 19.0. The average molecular weight is 451 g/mol. The number of piperidine rings is 1. The third kappa shape index (κ3) is 7.44. The van der Waals surface area contributed by atoms with Crippen molar-refractivity contribution in [2.45, 2.75) is 45.3 Å². The van der Waals surface area contributed by atoms with Gasteiger partial charge in [-0.2, -0.15) is 0 Å². The number of hydrogen-bond acceptors (Lipinski definition) is 8. The van der Waals surface area contributed by atoms with Crippen molar-refractivity contribution < 1.29 is 33.0 Å². The molecule has 176 valence electrons. The Morgan fingerprint density at radius 2 is 1.78 bits per heavy atom. The summed E-state index contributed by atoms with van der Waals surface area (Å²) >= 11 is 0. The van der Waals surface area contributed by atoms with Crippen molar-refractivity contribution in [3.63, 3.8) is 0 Å². The monoisotopic (exact) mass is 451 g/mol. The fourth-order valence-corrected chi connectivity index (χ4v) is 3.20. The first-order valence-corrected chi connectivity index (χ1v) is 10.2. The maximum Gasteiger partial charge on any atom is 0.407 e. The summed E-state index contributed by atoms with van der Waals surface area (Å²) in [6, 6.07) is 4.08. The highest BCUT2D eigenvalue weighted by atomic mass is 19.1. The molecule has 10 heteroatoms. The van der Waals surface area contributed by atoms with Crippen molar-refractivity contribution >= 4 is 29.4 Å². The molecular weight excluding hydrogens is 421 g/mol. The van der Waals surface area contributed by atoms with Gasteiger partial charge in [-0.05, 0) is 51.8 Å². The molecule has 32 heavy (non-hydrogen) atoms. The summed E-state index contributed by atoms with van der Waals surface area (Å²) in [6.45, 7) is 6.56. The molecule has 1 aromatic carbocycles. The predicted octanol–water partition coefficient (Wildman–Crippen LogP) is 2.96. The summed E-state index contributed by atoms with van der Waals surface area (Å²) in [5, 5.41) is 5.65. The fraction of sp³-hybridized carbons (Fsp3) is 0.500. The lowest BCUT2D eigenvalue weighted by Gasteiger charge is -2.35. The summed E-state index contributed by atoms with van der Waals surface area (Å²) < 4.78 is 28.5. The topological polar surface area (TPSA) is 106 Å². The Kier molecular flexibility index (Phi) is 8.45. The van der Waals surface area contributed by atoms with Crippen LogP contribution in [0, 0.1) is 5.82 Å². The van der Waals surface area contributed by atoms with Crippen molar-refractivity contribution in [1.29, 1.82) is 0 Å². The van der Waals surface area contributed by atoms with Gasteiger partial charge in [0, 0.05) is 19.1 Å². The van der Waals surface area contributed by atoms with E-state index in [4.69, 9.17) is 9.47 Å². The molecule has 9 nitrogen and oxygen atoms in total. The first-order valence-electron chi connectivity index (χ1n) is 10.2. The van der Waals surface area contributed by atoms with Gasteiger partial charge in [-0.15, -0.1) is 0 Å². The number of methoxy groups -OCH3 is 2. The summed E-state index contributed by atoms with van der Waals surface area (Å²) in [6.07, 6.45) is 1.78. The molecule has 1 fully saturated rings. The quantitative estimate of drug-likeness (QED) is 0.386. The average Bonchev–Trinajstić information content (AvgIpc) is 2.72. The number of alkyl carbamates (subject to hydrolysis) is 1. The fourth-order valence-electron chi connectivity index (χ4n) is 3.20. The summed E-state index contributed by atoms with van der Waals surface area (Å²) in [5.41, 5.74) is 0.174. The summed E-state index contributed by atoms with van der Waals surface area (Å²) in [4.78, 5) is 37.7. The number of amides is 1. The molecule has 1 aliphatic rings. The van der Waals surface area contributed by atoms with E-state index in [1.165, 1.54) is 26.4 Å². The number of hydrogen-bond donors (Lipinski definition) is 2. The number of rotatable bonds is 6. The van der Waals surface area contributed by atoms with Crippen LogP contribution in [-0.2, 0) is 23.8 Å². The molecule has 1 heterocycles. The van der Waals surface area contributed by atoms with Gasteiger partial charge in [0.15, 0.2) is 0 Å². The van der Waals surface area contributed by atoms with Crippen LogP contribution in [0.15, 0.2) is 30.0 Å². The molecule has 0 bridgehead atoms. The molecule has 0 aromatic heterocycles. The van der Waals surface area contributed by atoms with Gasteiger partial charge in [-0.25, -0.2) is 18.8 Å². The first kappa shape index (κ1) is 25.0. The largest absolute Gasteiger partial charge is 0.466 e. The van der Waals surface area contributed by atoms with E-state index in [0.29, 0.717) is 37.3 Å². The summed E-state index contributed by atoms with van der Waals surface area (Å²) in [5.74, 6) is -2.07. The standard InChI is InChI=1S/C22H30FN3O6/c1-22(2,3)32-21(29)24-15-8-10-26(11-9-15)18-7-6-14(23)12-16(18)25-17(20(28)31-5)13-19(27)30-4/h6-7,12-13,15,25H,8-11H2,1-5H3,(H,24,29)/b17-13+. The van der Waals surface area contributed by atoms with Crippen molar-refractivity contribution in [3.8, 4) is 0 Å². The van der Waals surface area contributed by atoms with E-state index in [0.717, 1.165) is 6.08 Å². The van der Waals surface area contributed by atoms with E-state index in [9.17, 15) is 18.8 Å². The lowest BCUT2D eigenvalue weighted by atomic mass is 10.0. The van der Waals surface area contributed by atoms with E-state index in [1.807, 2.05) is 4.90 Å². The van der Waals surface area contributed by atoms with Gasteiger partial charge in [0.05, 0.1) is 31.7 Å². The lowest BCUT2D eigenvalue weighted by molar-refractivity contribution is -0.138. The highest BCUT2D eigenvalue weighted by molar-refractivity contribution is 5.99. The molecule has 0 atom stereocenters. The number of anilines is 2. The van der Waals surface area contributed by atoms with Crippen LogP contribution in [0.3, 0.4) is 0 Å². The third-order valence-corrected chi connectivity index (χ3v) is 4.65. The summed E-state index contributed by atoms with van der Waals surface area (Å²) in [7, 11) is 2.35. The molecule has 1 saturated heterocycles. The van der Waals surface area contributed by atoms with Crippen LogP contribution >= 0.6 is 0 Å². The Labute approximate surface area is 186 Å². The molecular formula is C22H30FN3O6. The maximum atomic E-state index is 14.0. The van der Waals surface area contributed by atoms with Crippen LogP contribution in [0.1, 0.15) is 33.6 Å². The smallest absolute Gasteiger partial charge is 0.407 e. The number of esters is 2. The van der Waals surface area contributed by atoms with Gasteiger partial charge >= 0.3 is 18.0 Å². The zero-order valence-electron chi connectivity index (χ0n) is 19.0. The highest BCUT2D eigenvalue weighted by Crippen LogP contribution is 2.30. The molecule has 0 spiro atoms. The minimum Gasteiger partial charge on any atom is -0.466 e. The van der Waals surface area contributed by atoms with Crippen LogP contribution in [0.4, 0.5) is 20.6 Å².